The third-order valence-corrected chi connectivity index (χ3v) is 4.04. The van der Waals surface area contributed by atoms with E-state index in [1.54, 1.807) is 11.8 Å². The van der Waals surface area contributed by atoms with E-state index in [0.717, 1.165) is 19.3 Å². The molecule has 0 saturated carbocycles. The summed E-state index contributed by atoms with van der Waals surface area (Å²) in [7, 11) is 0. The maximum atomic E-state index is 12.4. The Balaban J connectivity index is 1.80. The van der Waals surface area contributed by atoms with Crippen molar-refractivity contribution in [2.45, 2.75) is 37.7 Å². The van der Waals surface area contributed by atoms with Gasteiger partial charge in [0, 0.05) is 0 Å². The molecule has 2 aliphatic rings. The van der Waals surface area contributed by atoms with Crippen LogP contribution in [0.5, 0.6) is 0 Å². The summed E-state index contributed by atoms with van der Waals surface area (Å²) in [5, 5.41) is 9.73. The lowest BCUT2D eigenvalue weighted by Gasteiger charge is -2.46. The van der Waals surface area contributed by atoms with Crippen molar-refractivity contribution in [3.63, 3.8) is 0 Å². The number of hydrogen-bond donors (Lipinski definition) is 1. The van der Waals surface area contributed by atoms with Crippen LogP contribution >= 0.6 is 0 Å². The highest BCUT2D eigenvalue weighted by atomic mass is 16.3. The van der Waals surface area contributed by atoms with E-state index in [9.17, 15) is 9.90 Å². The van der Waals surface area contributed by atoms with Crippen molar-refractivity contribution in [3.05, 3.63) is 35.4 Å². The molecular formula is C15H19NO2. The van der Waals surface area contributed by atoms with Gasteiger partial charge in [0.25, 0.3) is 0 Å². The minimum atomic E-state index is -0.677. The Hall–Kier alpha value is -1.35. The molecule has 1 aliphatic heterocycles. The molecule has 0 aromatic heterocycles. The monoisotopic (exact) mass is 245 g/mol. The molecule has 0 radical (unpaired) electrons. The molecule has 1 aliphatic carbocycles. The molecular weight excluding hydrogens is 226 g/mol. The van der Waals surface area contributed by atoms with E-state index in [4.69, 9.17) is 0 Å². The molecule has 3 heteroatoms. The third kappa shape index (κ3) is 1.93. The average molecular weight is 245 g/mol. The van der Waals surface area contributed by atoms with Crippen LogP contribution in [0.25, 0.3) is 0 Å². The van der Waals surface area contributed by atoms with Gasteiger partial charge < -0.3 is 10.0 Å². The van der Waals surface area contributed by atoms with Crippen LogP contribution in [-0.2, 0) is 11.2 Å². The van der Waals surface area contributed by atoms with Crippen molar-refractivity contribution < 1.29 is 9.90 Å². The molecule has 3 nitrogen and oxygen atoms in total. The van der Waals surface area contributed by atoms with Crippen LogP contribution in [-0.4, -0.2) is 34.6 Å². The van der Waals surface area contributed by atoms with Crippen LogP contribution in [0, 0.1) is 0 Å². The molecule has 1 atom stereocenters. The number of hydrogen-bond acceptors (Lipinski definition) is 2. The smallest absolute Gasteiger partial charge is 0.230 e. The highest BCUT2D eigenvalue weighted by Gasteiger charge is 2.42. The van der Waals surface area contributed by atoms with Gasteiger partial charge in [-0.25, -0.2) is 0 Å². The van der Waals surface area contributed by atoms with E-state index in [1.807, 2.05) is 12.1 Å². The third-order valence-electron chi connectivity index (χ3n) is 4.04. The number of carbonyl (C=O) groups is 1. The number of rotatable bonds is 1. The Kier molecular flexibility index (Phi) is 2.67. The van der Waals surface area contributed by atoms with Crippen molar-refractivity contribution in [3.8, 4) is 0 Å². The number of nitrogens with zero attached hydrogens (tertiary/aromatic N) is 1. The average Bonchev–Trinajstić information content (AvgIpc) is 2.34. The summed E-state index contributed by atoms with van der Waals surface area (Å²) < 4.78 is 0. The maximum Gasteiger partial charge on any atom is 0.230 e. The fourth-order valence-electron chi connectivity index (χ4n) is 3.16. The quantitative estimate of drug-likeness (QED) is 0.818. The minimum absolute atomic E-state index is 0.00560. The fraction of sp³-hybridized carbons (Fsp3) is 0.533. The van der Waals surface area contributed by atoms with Crippen LogP contribution in [0.4, 0.5) is 0 Å². The summed E-state index contributed by atoms with van der Waals surface area (Å²) >= 11 is 0. The predicted octanol–water partition coefficient (Wildman–Crippen LogP) is 1.70. The molecule has 1 saturated heterocycles. The first-order valence-corrected chi connectivity index (χ1v) is 6.66. The number of likely N-dealkylation sites (tertiary alicyclic amines) is 1. The topological polar surface area (TPSA) is 40.5 Å². The number of benzene rings is 1. The normalized spacial score (nSPS) is 25.2. The molecule has 1 aromatic rings. The molecule has 1 aromatic carbocycles. The van der Waals surface area contributed by atoms with Crippen LogP contribution < -0.4 is 0 Å². The van der Waals surface area contributed by atoms with Crippen molar-refractivity contribution in [1.29, 1.82) is 0 Å². The van der Waals surface area contributed by atoms with Gasteiger partial charge in [-0.15, -0.1) is 0 Å². The number of aryl methyl sites for hydroxylation is 1. The first-order valence-electron chi connectivity index (χ1n) is 6.66. The van der Waals surface area contributed by atoms with Gasteiger partial charge in [0.05, 0.1) is 24.6 Å². The lowest BCUT2D eigenvalue weighted by Crippen LogP contribution is -2.62. The summed E-state index contributed by atoms with van der Waals surface area (Å²) in [6.45, 7) is 2.74. The summed E-state index contributed by atoms with van der Waals surface area (Å²) in [5.41, 5.74) is 1.83. The molecule has 1 N–H and O–H groups in total. The zero-order valence-electron chi connectivity index (χ0n) is 10.7. The second-order valence-electron chi connectivity index (χ2n) is 5.83. The molecule has 3 rings (SSSR count). The SMILES string of the molecule is CC1(O)CN(C(=O)C2CCCc3ccccc32)C1. The second kappa shape index (κ2) is 4.09. The van der Waals surface area contributed by atoms with E-state index >= 15 is 0 Å². The Morgan fingerprint density at radius 2 is 2.11 bits per heavy atom. The van der Waals surface area contributed by atoms with Gasteiger partial charge in [-0.2, -0.15) is 0 Å². The summed E-state index contributed by atoms with van der Waals surface area (Å²) in [6, 6.07) is 8.26. The number of fused-ring (bicyclic) bond motifs is 1. The Morgan fingerprint density at radius 3 is 2.83 bits per heavy atom. The van der Waals surface area contributed by atoms with Gasteiger partial charge in [0.15, 0.2) is 0 Å². The molecule has 0 bridgehead atoms. The van der Waals surface area contributed by atoms with E-state index in [-0.39, 0.29) is 11.8 Å². The Morgan fingerprint density at radius 1 is 1.39 bits per heavy atom. The summed E-state index contributed by atoms with van der Waals surface area (Å²) in [5.74, 6) is 0.194. The Labute approximate surface area is 107 Å². The number of amides is 1. The van der Waals surface area contributed by atoms with Crippen molar-refractivity contribution in [2.75, 3.05) is 13.1 Å². The standard InChI is InChI=1S/C15H19NO2/c1-15(18)9-16(10-15)14(17)13-8-4-6-11-5-2-3-7-12(11)13/h2-3,5,7,13,18H,4,6,8-10H2,1H3. The van der Waals surface area contributed by atoms with Crippen LogP contribution in [0.1, 0.15) is 36.8 Å². The minimum Gasteiger partial charge on any atom is -0.386 e. The molecule has 18 heavy (non-hydrogen) atoms. The number of β-amino-alcohol motifs (C(OH)–C–C–N with tert-alkyl or cyclic N) is 1. The highest BCUT2D eigenvalue weighted by molar-refractivity contribution is 5.85. The molecule has 1 amide bonds. The van der Waals surface area contributed by atoms with Crippen LogP contribution in [0.3, 0.4) is 0 Å². The predicted molar refractivity (Wildman–Crippen MR) is 69.3 cm³/mol. The first-order chi connectivity index (χ1) is 8.57. The summed E-state index contributed by atoms with van der Waals surface area (Å²) in [4.78, 5) is 14.2. The zero-order chi connectivity index (χ0) is 12.8. The van der Waals surface area contributed by atoms with Crippen molar-refractivity contribution in [1.82, 2.24) is 4.90 Å². The molecule has 1 fully saturated rings. The van der Waals surface area contributed by atoms with Crippen LogP contribution in [0.2, 0.25) is 0 Å². The molecule has 1 heterocycles. The van der Waals surface area contributed by atoms with E-state index < -0.39 is 5.60 Å². The molecule has 96 valence electrons. The van der Waals surface area contributed by atoms with E-state index in [2.05, 4.69) is 12.1 Å². The zero-order valence-corrected chi connectivity index (χ0v) is 10.7. The molecule has 1 unspecified atom stereocenters. The van der Waals surface area contributed by atoms with Crippen LogP contribution in [0.15, 0.2) is 24.3 Å². The van der Waals surface area contributed by atoms with Gasteiger partial charge in [-0.05, 0) is 37.3 Å². The van der Waals surface area contributed by atoms with Gasteiger partial charge >= 0.3 is 0 Å². The lowest BCUT2D eigenvalue weighted by atomic mass is 9.81. The van der Waals surface area contributed by atoms with Crippen molar-refractivity contribution in [2.24, 2.45) is 0 Å². The highest BCUT2D eigenvalue weighted by Crippen LogP contribution is 2.35. The number of aliphatic hydroxyl groups is 1. The van der Waals surface area contributed by atoms with Gasteiger partial charge in [0.1, 0.15) is 0 Å². The lowest BCUT2D eigenvalue weighted by molar-refractivity contribution is -0.154. The van der Waals surface area contributed by atoms with Gasteiger partial charge in [-0.3, -0.25) is 4.79 Å². The van der Waals surface area contributed by atoms with E-state index in [0.29, 0.717) is 13.1 Å². The number of carbonyl (C=O) groups excluding carboxylic acids is 1. The maximum absolute atomic E-state index is 12.4. The second-order valence-corrected chi connectivity index (χ2v) is 5.83. The van der Waals surface area contributed by atoms with E-state index in [1.165, 1.54) is 11.1 Å². The van der Waals surface area contributed by atoms with Crippen molar-refractivity contribution >= 4 is 5.91 Å². The Bertz CT molecular complexity index is 473. The van der Waals surface area contributed by atoms with Gasteiger partial charge in [0.2, 0.25) is 5.91 Å². The van der Waals surface area contributed by atoms with Gasteiger partial charge in [-0.1, -0.05) is 24.3 Å². The molecule has 0 spiro atoms. The fourth-order valence-corrected chi connectivity index (χ4v) is 3.16. The first kappa shape index (κ1) is 11.7. The summed E-state index contributed by atoms with van der Waals surface area (Å²) in [6.07, 6.45) is 3.10. The largest absolute Gasteiger partial charge is 0.386 e.